The first-order valence-corrected chi connectivity index (χ1v) is 6.79. The van der Waals surface area contributed by atoms with Crippen LogP contribution >= 0.6 is 11.6 Å². The molecule has 3 nitrogen and oxygen atoms in total. The number of alkyl halides is 1. The van der Waals surface area contributed by atoms with Gasteiger partial charge in [-0.15, -0.1) is 11.6 Å². The van der Waals surface area contributed by atoms with Crippen LogP contribution in [-0.2, 0) is 12.5 Å². The van der Waals surface area contributed by atoms with Gasteiger partial charge in [0.1, 0.15) is 23.9 Å². The lowest BCUT2D eigenvalue weighted by atomic mass is 10.2. The average molecular weight is 293 g/mol. The molecule has 20 heavy (non-hydrogen) atoms. The highest BCUT2D eigenvalue weighted by atomic mass is 35.5. The summed E-state index contributed by atoms with van der Waals surface area (Å²) in [5, 5.41) is 0. The van der Waals surface area contributed by atoms with Crippen molar-refractivity contribution in [1.29, 1.82) is 0 Å². The van der Waals surface area contributed by atoms with Crippen LogP contribution in [0.1, 0.15) is 11.1 Å². The van der Waals surface area contributed by atoms with Crippen molar-refractivity contribution in [3.8, 4) is 17.2 Å². The molecular formula is C16H17ClO3. The SMILES string of the molecule is COc1ccc(COc2cc(OC)ccc2CCl)cc1. The lowest BCUT2D eigenvalue weighted by Gasteiger charge is -2.12. The van der Waals surface area contributed by atoms with E-state index in [2.05, 4.69) is 0 Å². The van der Waals surface area contributed by atoms with Gasteiger partial charge >= 0.3 is 0 Å². The molecule has 0 amide bonds. The van der Waals surface area contributed by atoms with E-state index in [1.54, 1.807) is 14.2 Å². The van der Waals surface area contributed by atoms with Gasteiger partial charge in [-0.3, -0.25) is 0 Å². The maximum absolute atomic E-state index is 5.91. The van der Waals surface area contributed by atoms with Gasteiger partial charge in [-0.25, -0.2) is 0 Å². The zero-order valence-corrected chi connectivity index (χ0v) is 12.3. The van der Waals surface area contributed by atoms with Crippen LogP contribution in [0.5, 0.6) is 17.2 Å². The van der Waals surface area contributed by atoms with Gasteiger partial charge in [0.05, 0.1) is 20.1 Å². The van der Waals surface area contributed by atoms with Gasteiger partial charge < -0.3 is 14.2 Å². The van der Waals surface area contributed by atoms with Gasteiger partial charge in [-0.1, -0.05) is 18.2 Å². The summed E-state index contributed by atoms with van der Waals surface area (Å²) in [5.74, 6) is 2.73. The molecule has 0 bridgehead atoms. The van der Waals surface area contributed by atoms with Gasteiger partial charge in [-0.2, -0.15) is 0 Å². The van der Waals surface area contributed by atoms with Crippen molar-refractivity contribution in [3.63, 3.8) is 0 Å². The molecule has 0 radical (unpaired) electrons. The van der Waals surface area contributed by atoms with Crippen molar-refractivity contribution < 1.29 is 14.2 Å². The Balaban J connectivity index is 2.08. The van der Waals surface area contributed by atoms with E-state index in [-0.39, 0.29) is 0 Å². The van der Waals surface area contributed by atoms with E-state index in [0.29, 0.717) is 12.5 Å². The van der Waals surface area contributed by atoms with Crippen molar-refractivity contribution in [3.05, 3.63) is 53.6 Å². The summed E-state index contributed by atoms with van der Waals surface area (Å²) in [4.78, 5) is 0. The van der Waals surface area contributed by atoms with Crippen LogP contribution in [0, 0.1) is 0 Å². The first kappa shape index (κ1) is 14.5. The Labute approximate surface area is 124 Å². The first-order valence-electron chi connectivity index (χ1n) is 6.25. The molecule has 0 saturated heterocycles. The molecule has 2 aromatic rings. The van der Waals surface area contributed by atoms with Crippen LogP contribution in [0.2, 0.25) is 0 Å². The third kappa shape index (κ3) is 3.58. The molecule has 0 spiro atoms. The largest absolute Gasteiger partial charge is 0.497 e. The quantitative estimate of drug-likeness (QED) is 0.753. The zero-order valence-electron chi connectivity index (χ0n) is 11.6. The monoisotopic (exact) mass is 292 g/mol. The maximum Gasteiger partial charge on any atom is 0.127 e. The molecule has 0 aliphatic carbocycles. The van der Waals surface area contributed by atoms with E-state index in [1.807, 2.05) is 42.5 Å². The standard InChI is InChI=1S/C16H17ClO3/c1-18-14-6-3-12(4-7-14)11-20-16-9-15(19-2)8-5-13(16)10-17/h3-9H,10-11H2,1-2H3. The summed E-state index contributed by atoms with van der Waals surface area (Å²) in [7, 11) is 3.28. The zero-order chi connectivity index (χ0) is 14.4. The Morgan fingerprint density at radius 2 is 1.55 bits per heavy atom. The summed E-state index contributed by atoms with van der Waals surface area (Å²) in [6.45, 7) is 0.473. The topological polar surface area (TPSA) is 27.7 Å². The molecule has 0 fully saturated rings. The molecule has 0 saturated carbocycles. The van der Waals surface area contributed by atoms with Crippen molar-refractivity contribution in [1.82, 2.24) is 0 Å². The molecule has 0 atom stereocenters. The minimum absolute atomic E-state index is 0.405. The highest BCUT2D eigenvalue weighted by Gasteiger charge is 2.05. The fourth-order valence-corrected chi connectivity index (χ4v) is 2.01. The molecule has 0 N–H and O–H groups in total. The number of hydrogen-bond acceptors (Lipinski definition) is 3. The van der Waals surface area contributed by atoms with Crippen molar-refractivity contribution in [2.24, 2.45) is 0 Å². The van der Waals surface area contributed by atoms with Gasteiger partial charge in [0.15, 0.2) is 0 Å². The predicted molar refractivity (Wildman–Crippen MR) is 79.9 cm³/mol. The van der Waals surface area contributed by atoms with Gasteiger partial charge in [0, 0.05) is 11.6 Å². The molecule has 0 aliphatic rings. The Bertz CT molecular complexity index is 552. The first-order chi connectivity index (χ1) is 9.76. The number of rotatable bonds is 6. The second kappa shape index (κ2) is 7.06. The molecule has 0 heterocycles. The summed E-state index contributed by atoms with van der Waals surface area (Å²) >= 11 is 5.91. The molecular weight excluding hydrogens is 276 g/mol. The fraction of sp³-hybridized carbons (Fsp3) is 0.250. The number of benzene rings is 2. The van der Waals surface area contributed by atoms with Crippen LogP contribution in [-0.4, -0.2) is 14.2 Å². The lowest BCUT2D eigenvalue weighted by Crippen LogP contribution is -1.98. The molecule has 2 aromatic carbocycles. The van der Waals surface area contributed by atoms with Crippen LogP contribution in [0.4, 0.5) is 0 Å². The highest BCUT2D eigenvalue weighted by Crippen LogP contribution is 2.27. The molecule has 0 aromatic heterocycles. The van der Waals surface area contributed by atoms with Gasteiger partial charge in [0.2, 0.25) is 0 Å². The number of methoxy groups -OCH3 is 2. The summed E-state index contributed by atoms with van der Waals surface area (Å²) in [6, 6.07) is 13.4. The second-order valence-corrected chi connectivity index (χ2v) is 4.51. The Kier molecular flexibility index (Phi) is 5.13. The third-order valence-electron chi connectivity index (χ3n) is 2.97. The minimum atomic E-state index is 0.405. The van der Waals surface area contributed by atoms with Crippen molar-refractivity contribution in [2.45, 2.75) is 12.5 Å². The van der Waals surface area contributed by atoms with Crippen molar-refractivity contribution in [2.75, 3.05) is 14.2 Å². The van der Waals surface area contributed by atoms with Gasteiger partial charge in [0.25, 0.3) is 0 Å². The van der Waals surface area contributed by atoms with Crippen LogP contribution in [0.15, 0.2) is 42.5 Å². The summed E-state index contributed by atoms with van der Waals surface area (Å²) in [5.41, 5.74) is 2.01. The van der Waals surface area contributed by atoms with E-state index in [9.17, 15) is 0 Å². The number of halogens is 1. The van der Waals surface area contributed by atoms with E-state index < -0.39 is 0 Å². The minimum Gasteiger partial charge on any atom is -0.497 e. The molecule has 4 heteroatoms. The normalized spacial score (nSPS) is 10.2. The third-order valence-corrected chi connectivity index (χ3v) is 3.26. The Morgan fingerprint density at radius 3 is 2.15 bits per heavy atom. The van der Waals surface area contributed by atoms with E-state index in [1.165, 1.54) is 0 Å². The van der Waals surface area contributed by atoms with Crippen LogP contribution in [0.25, 0.3) is 0 Å². The predicted octanol–water partition coefficient (Wildman–Crippen LogP) is 4.02. The van der Waals surface area contributed by atoms with E-state index >= 15 is 0 Å². The number of ether oxygens (including phenoxy) is 3. The molecule has 0 unspecified atom stereocenters. The van der Waals surface area contributed by atoms with Crippen LogP contribution < -0.4 is 14.2 Å². The van der Waals surface area contributed by atoms with E-state index in [0.717, 1.165) is 28.4 Å². The average Bonchev–Trinajstić information content (AvgIpc) is 2.53. The van der Waals surface area contributed by atoms with E-state index in [4.69, 9.17) is 25.8 Å². The highest BCUT2D eigenvalue weighted by molar-refractivity contribution is 6.17. The molecule has 106 valence electrons. The fourth-order valence-electron chi connectivity index (χ4n) is 1.79. The Hall–Kier alpha value is -1.87. The smallest absolute Gasteiger partial charge is 0.127 e. The Morgan fingerprint density at radius 1 is 0.900 bits per heavy atom. The molecule has 0 aliphatic heterocycles. The summed E-state index contributed by atoms with van der Waals surface area (Å²) < 4.78 is 16.1. The lowest BCUT2D eigenvalue weighted by molar-refractivity contribution is 0.301. The van der Waals surface area contributed by atoms with Crippen LogP contribution in [0.3, 0.4) is 0 Å². The summed E-state index contributed by atoms with van der Waals surface area (Å²) in [6.07, 6.45) is 0. The molecule has 2 rings (SSSR count). The van der Waals surface area contributed by atoms with Gasteiger partial charge in [-0.05, 0) is 23.8 Å². The second-order valence-electron chi connectivity index (χ2n) is 4.24. The maximum atomic E-state index is 5.91. The number of hydrogen-bond donors (Lipinski definition) is 0. The van der Waals surface area contributed by atoms with Crippen molar-refractivity contribution >= 4 is 11.6 Å².